The van der Waals surface area contributed by atoms with Crippen LogP contribution in [0.4, 0.5) is 4.79 Å². The predicted octanol–water partition coefficient (Wildman–Crippen LogP) is 1.51. The highest BCUT2D eigenvalue weighted by Gasteiger charge is 2.39. The van der Waals surface area contributed by atoms with E-state index in [-0.39, 0.29) is 6.03 Å². The van der Waals surface area contributed by atoms with Crippen LogP contribution in [0.5, 0.6) is 0 Å². The third-order valence-corrected chi connectivity index (χ3v) is 5.58. The molecule has 6 nitrogen and oxygen atoms in total. The van der Waals surface area contributed by atoms with E-state index in [9.17, 15) is 4.79 Å². The maximum absolute atomic E-state index is 11.0. The summed E-state index contributed by atoms with van der Waals surface area (Å²) in [5, 5.41) is 5.14. The Morgan fingerprint density at radius 2 is 1.61 bits per heavy atom. The molecular weight excluding hydrogens is 271 g/mol. The highest BCUT2D eigenvalue weighted by atomic mass is 31.0. The molecule has 1 unspecified atom stereocenters. The second-order valence-electron chi connectivity index (χ2n) is 3.49. The Hall–Kier alpha value is -0.203. The number of rotatable bonds is 10. The van der Waals surface area contributed by atoms with Gasteiger partial charge in [-0.1, -0.05) is 0 Å². The van der Waals surface area contributed by atoms with Gasteiger partial charge in [0.1, 0.15) is 0 Å². The summed E-state index contributed by atoms with van der Waals surface area (Å²) in [4.78, 5) is 11.0. The number of nitrogens with one attached hydrogen (secondary N) is 2. The van der Waals surface area contributed by atoms with Crippen LogP contribution in [0.1, 0.15) is 27.2 Å². The molecule has 0 saturated heterocycles. The van der Waals surface area contributed by atoms with Crippen molar-refractivity contribution >= 4 is 24.2 Å². The molecule has 0 saturated carbocycles. The van der Waals surface area contributed by atoms with E-state index in [0.717, 1.165) is 6.42 Å². The Balaban J connectivity index is 4.16. The lowest BCUT2D eigenvalue weighted by Crippen LogP contribution is -2.46. The Labute approximate surface area is 113 Å². The molecule has 1 atom stereocenters. The van der Waals surface area contributed by atoms with Crippen molar-refractivity contribution in [3.05, 3.63) is 0 Å². The fraction of sp³-hybridized carbons (Fsp3) is 0.900. The first-order chi connectivity index (χ1) is 8.64. The van der Waals surface area contributed by atoms with Crippen LogP contribution < -0.4 is 10.4 Å². The van der Waals surface area contributed by atoms with Gasteiger partial charge in [0.2, 0.25) is 0 Å². The number of hydrogen-bond donors (Lipinski definition) is 2. The molecule has 0 aliphatic carbocycles. The van der Waals surface area contributed by atoms with Crippen molar-refractivity contribution in [2.45, 2.75) is 33.2 Å². The average Bonchev–Trinajstić information content (AvgIpc) is 2.35. The van der Waals surface area contributed by atoms with Gasteiger partial charge in [0.25, 0.3) is 0 Å². The zero-order chi connectivity index (χ0) is 13.9. The van der Waals surface area contributed by atoms with Crippen molar-refractivity contribution in [3.63, 3.8) is 0 Å². The molecule has 0 aromatic rings. The Kier molecular flexibility index (Phi) is 10.6. The molecule has 0 aromatic heterocycles. The largest absolute Gasteiger partial charge is 0.500 e. The molecule has 0 rings (SSSR count). The van der Waals surface area contributed by atoms with E-state index < -0.39 is 8.80 Å². The van der Waals surface area contributed by atoms with Crippen LogP contribution in [-0.2, 0) is 13.3 Å². The van der Waals surface area contributed by atoms with Gasteiger partial charge in [-0.05, 0) is 36.6 Å². The van der Waals surface area contributed by atoms with Crippen molar-refractivity contribution in [1.82, 2.24) is 10.4 Å². The molecule has 0 aromatic carbocycles. The van der Waals surface area contributed by atoms with E-state index in [1.807, 2.05) is 20.8 Å². The van der Waals surface area contributed by atoms with Gasteiger partial charge in [-0.15, -0.1) is 0 Å². The minimum Gasteiger partial charge on any atom is -0.374 e. The lowest BCUT2D eigenvalue weighted by Gasteiger charge is -2.28. The summed E-state index contributed by atoms with van der Waals surface area (Å²) >= 11 is 0. The summed E-state index contributed by atoms with van der Waals surface area (Å²) in [7, 11) is -0.402. The van der Waals surface area contributed by atoms with Crippen LogP contribution in [0.15, 0.2) is 0 Å². The van der Waals surface area contributed by atoms with Crippen LogP contribution >= 0.6 is 9.39 Å². The monoisotopic (exact) mass is 296 g/mol. The Morgan fingerprint density at radius 1 is 1.11 bits per heavy atom. The van der Waals surface area contributed by atoms with Gasteiger partial charge in [0, 0.05) is 32.4 Å². The first-order valence-corrected chi connectivity index (χ1v) is 8.81. The second kappa shape index (κ2) is 10.7. The summed E-state index contributed by atoms with van der Waals surface area (Å²) < 4.78 is 17.1. The number of amides is 2. The standard InChI is InChI=1S/C10H25N2O4PSi/c1-4-14-18(15-5-2,16-6-3)9-7-8-11-10(13)12-17/h4-9,17H2,1-3H3,(H2,11,12,13). The fourth-order valence-electron chi connectivity index (χ4n) is 1.56. The summed E-state index contributed by atoms with van der Waals surface area (Å²) in [5.74, 6) is 0. The van der Waals surface area contributed by atoms with E-state index >= 15 is 0 Å². The van der Waals surface area contributed by atoms with E-state index in [2.05, 4.69) is 19.8 Å². The molecule has 0 heterocycles. The maximum Gasteiger partial charge on any atom is 0.500 e. The molecule has 0 radical (unpaired) electrons. The lowest BCUT2D eigenvalue weighted by atomic mass is 10.5. The summed E-state index contributed by atoms with van der Waals surface area (Å²) in [6.45, 7) is 8.09. The molecular formula is C10H25N2O4PSi. The molecule has 0 aliphatic rings. The smallest absolute Gasteiger partial charge is 0.374 e. The van der Waals surface area contributed by atoms with Gasteiger partial charge in [-0.3, -0.25) is 0 Å². The average molecular weight is 296 g/mol. The van der Waals surface area contributed by atoms with Crippen LogP contribution in [0, 0.1) is 0 Å². The Bertz CT molecular complexity index is 217. The summed E-state index contributed by atoms with van der Waals surface area (Å²) in [5.41, 5.74) is 0. The minimum atomic E-state index is -2.55. The van der Waals surface area contributed by atoms with Gasteiger partial charge in [-0.25, -0.2) is 4.79 Å². The van der Waals surface area contributed by atoms with Gasteiger partial charge < -0.3 is 23.7 Å². The topological polar surface area (TPSA) is 68.8 Å². The molecule has 0 aliphatic heterocycles. The SMILES string of the molecule is CCO[Si](CCCNC(=O)NP)(OCC)OCC. The van der Waals surface area contributed by atoms with E-state index in [1.54, 1.807) is 0 Å². The number of hydrogen-bond acceptors (Lipinski definition) is 4. The van der Waals surface area contributed by atoms with Crippen LogP contribution in [-0.4, -0.2) is 41.2 Å². The number of carbonyl (C=O) groups is 1. The summed E-state index contributed by atoms with van der Waals surface area (Å²) in [6.07, 6.45) is 0.768. The first-order valence-electron chi connectivity index (χ1n) is 6.30. The highest BCUT2D eigenvalue weighted by Crippen LogP contribution is 2.17. The van der Waals surface area contributed by atoms with Crippen molar-refractivity contribution in [1.29, 1.82) is 0 Å². The number of urea groups is 1. The van der Waals surface area contributed by atoms with Gasteiger partial charge in [0.15, 0.2) is 0 Å². The fourth-order valence-corrected chi connectivity index (χ4v) is 4.27. The van der Waals surface area contributed by atoms with E-state index in [4.69, 9.17) is 13.3 Å². The highest BCUT2D eigenvalue weighted by molar-refractivity contribution is 7.15. The minimum absolute atomic E-state index is 0.212. The normalized spacial score (nSPS) is 11.3. The zero-order valence-electron chi connectivity index (χ0n) is 11.5. The molecule has 0 spiro atoms. The van der Waals surface area contributed by atoms with Gasteiger partial charge in [-0.2, -0.15) is 0 Å². The van der Waals surface area contributed by atoms with Gasteiger partial charge >= 0.3 is 14.8 Å². The molecule has 2 N–H and O–H groups in total. The quantitative estimate of drug-likeness (QED) is 0.364. The van der Waals surface area contributed by atoms with Gasteiger partial charge in [0.05, 0.1) is 0 Å². The summed E-state index contributed by atoms with van der Waals surface area (Å²) in [6, 6.07) is 0.496. The Morgan fingerprint density at radius 3 is 2.00 bits per heavy atom. The van der Waals surface area contributed by atoms with Crippen molar-refractivity contribution in [3.8, 4) is 0 Å². The molecule has 108 valence electrons. The zero-order valence-corrected chi connectivity index (χ0v) is 13.6. The third-order valence-electron chi connectivity index (χ3n) is 2.17. The molecule has 2 amide bonds. The van der Waals surface area contributed by atoms with E-state index in [0.29, 0.717) is 32.4 Å². The third kappa shape index (κ3) is 7.28. The van der Waals surface area contributed by atoms with Crippen molar-refractivity contribution < 1.29 is 18.1 Å². The van der Waals surface area contributed by atoms with Crippen molar-refractivity contribution in [2.75, 3.05) is 26.4 Å². The van der Waals surface area contributed by atoms with Crippen LogP contribution in [0.2, 0.25) is 6.04 Å². The first kappa shape index (κ1) is 17.8. The van der Waals surface area contributed by atoms with E-state index in [1.165, 1.54) is 0 Å². The van der Waals surface area contributed by atoms with Crippen molar-refractivity contribution in [2.24, 2.45) is 0 Å². The molecule has 0 bridgehead atoms. The molecule has 18 heavy (non-hydrogen) atoms. The molecule has 8 heteroatoms. The molecule has 0 fully saturated rings. The predicted molar refractivity (Wildman–Crippen MR) is 76.3 cm³/mol. The lowest BCUT2D eigenvalue weighted by molar-refractivity contribution is 0.0708. The number of carbonyl (C=O) groups excluding carboxylic acids is 1. The maximum atomic E-state index is 11.0. The van der Waals surface area contributed by atoms with Crippen LogP contribution in [0.3, 0.4) is 0 Å². The van der Waals surface area contributed by atoms with Crippen LogP contribution in [0.25, 0.3) is 0 Å². The second-order valence-corrected chi connectivity index (χ2v) is 6.51.